The molecule has 1 aromatic carbocycles. The maximum Gasteiger partial charge on any atom is 0.119 e. The molecule has 0 aromatic heterocycles. The van der Waals surface area contributed by atoms with Crippen LogP contribution in [0.3, 0.4) is 0 Å². The molecule has 0 aliphatic rings. The molecule has 0 spiro atoms. The van der Waals surface area contributed by atoms with Crippen LogP contribution < -0.4 is 4.74 Å². The lowest BCUT2D eigenvalue weighted by molar-refractivity contribution is 0.0705. The first kappa shape index (κ1) is 15.7. The van der Waals surface area contributed by atoms with Crippen molar-refractivity contribution in [2.45, 2.75) is 26.2 Å². The summed E-state index contributed by atoms with van der Waals surface area (Å²) >= 11 is 0. The zero-order valence-corrected chi connectivity index (χ0v) is 11.7. The van der Waals surface area contributed by atoms with Gasteiger partial charge in [-0.2, -0.15) is 0 Å². The molecule has 0 radical (unpaired) electrons. The summed E-state index contributed by atoms with van der Waals surface area (Å²) in [4.78, 5) is 0. The molecule has 0 fully saturated rings. The van der Waals surface area contributed by atoms with E-state index < -0.39 is 0 Å². The molecule has 0 aliphatic carbocycles. The van der Waals surface area contributed by atoms with Crippen molar-refractivity contribution in [2.75, 3.05) is 26.4 Å². The third kappa shape index (κ3) is 6.41. The molecule has 1 N–H and O–H groups in total. The van der Waals surface area contributed by atoms with Crippen molar-refractivity contribution >= 4 is 5.57 Å². The van der Waals surface area contributed by atoms with Gasteiger partial charge in [0.15, 0.2) is 0 Å². The number of allylic oxidation sites excluding steroid dienone is 1. The van der Waals surface area contributed by atoms with Crippen LogP contribution in [-0.4, -0.2) is 31.5 Å². The maximum absolute atomic E-state index is 8.55. The predicted molar refractivity (Wildman–Crippen MR) is 78.4 cm³/mol. The molecule has 0 saturated carbocycles. The number of hydrogen-bond donors (Lipinski definition) is 1. The molecule has 0 heterocycles. The minimum atomic E-state index is 0.0502. The van der Waals surface area contributed by atoms with Crippen molar-refractivity contribution < 1.29 is 14.6 Å². The van der Waals surface area contributed by atoms with E-state index in [9.17, 15) is 0 Å². The smallest absolute Gasteiger partial charge is 0.119 e. The molecule has 19 heavy (non-hydrogen) atoms. The van der Waals surface area contributed by atoms with E-state index in [1.165, 1.54) is 24.0 Å². The van der Waals surface area contributed by atoms with Crippen molar-refractivity contribution in [1.82, 2.24) is 0 Å². The molecule has 3 nitrogen and oxygen atoms in total. The van der Waals surface area contributed by atoms with Crippen molar-refractivity contribution in [1.29, 1.82) is 0 Å². The molecule has 106 valence electrons. The summed E-state index contributed by atoms with van der Waals surface area (Å²) in [6, 6.07) is 8.00. The van der Waals surface area contributed by atoms with Crippen LogP contribution in [0, 0.1) is 0 Å². The quantitative estimate of drug-likeness (QED) is 0.659. The summed E-state index contributed by atoms with van der Waals surface area (Å²) < 4.78 is 10.7. The lowest BCUT2D eigenvalue weighted by Crippen LogP contribution is -2.09. The second-order valence-corrected chi connectivity index (χ2v) is 4.42. The van der Waals surface area contributed by atoms with E-state index in [-0.39, 0.29) is 6.61 Å². The highest BCUT2D eigenvalue weighted by atomic mass is 16.5. The van der Waals surface area contributed by atoms with Crippen LogP contribution in [0.25, 0.3) is 5.57 Å². The van der Waals surface area contributed by atoms with Gasteiger partial charge in [-0.25, -0.2) is 0 Å². The fraction of sp³-hybridized carbons (Fsp3) is 0.500. The molecule has 0 unspecified atom stereocenters. The second-order valence-electron chi connectivity index (χ2n) is 4.42. The largest absolute Gasteiger partial charge is 0.491 e. The average molecular weight is 264 g/mol. The van der Waals surface area contributed by atoms with Gasteiger partial charge in [-0.05, 0) is 36.1 Å². The van der Waals surface area contributed by atoms with E-state index >= 15 is 0 Å². The van der Waals surface area contributed by atoms with E-state index in [2.05, 4.69) is 13.5 Å². The molecule has 0 amide bonds. The summed E-state index contributed by atoms with van der Waals surface area (Å²) in [5, 5.41) is 8.55. The highest BCUT2D eigenvalue weighted by Crippen LogP contribution is 2.21. The summed E-state index contributed by atoms with van der Waals surface area (Å²) in [7, 11) is 0. The lowest BCUT2D eigenvalue weighted by atomic mass is 10.0. The molecule has 1 rings (SSSR count). The Labute approximate surface area is 115 Å². The molecule has 3 heteroatoms. The third-order valence-electron chi connectivity index (χ3n) is 2.83. The van der Waals surface area contributed by atoms with Crippen LogP contribution in [0.15, 0.2) is 30.8 Å². The molecule has 0 atom stereocenters. The minimum absolute atomic E-state index is 0.0502. The summed E-state index contributed by atoms with van der Waals surface area (Å²) in [6.07, 6.45) is 3.42. The van der Waals surface area contributed by atoms with Gasteiger partial charge in [-0.3, -0.25) is 0 Å². The van der Waals surface area contributed by atoms with Gasteiger partial charge in [0.25, 0.3) is 0 Å². The Balaban J connectivity index is 2.32. The summed E-state index contributed by atoms with van der Waals surface area (Å²) in [5.41, 5.74) is 2.36. The van der Waals surface area contributed by atoms with Gasteiger partial charge in [-0.15, -0.1) is 0 Å². The van der Waals surface area contributed by atoms with Gasteiger partial charge in [-0.1, -0.05) is 32.1 Å². The fourth-order valence-corrected chi connectivity index (χ4v) is 1.71. The van der Waals surface area contributed by atoms with Crippen LogP contribution in [0.1, 0.15) is 31.7 Å². The number of rotatable bonds is 10. The van der Waals surface area contributed by atoms with Gasteiger partial charge in [0.1, 0.15) is 12.4 Å². The first-order valence-corrected chi connectivity index (χ1v) is 6.87. The van der Waals surface area contributed by atoms with E-state index in [4.69, 9.17) is 14.6 Å². The van der Waals surface area contributed by atoms with E-state index in [0.717, 1.165) is 12.2 Å². The molecule has 0 saturated heterocycles. The van der Waals surface area contributed by atoms with Gasteiger partial charge in [0.2, 0.25) is 0 Å². The Bertz CT molecular complexity index is 357. The minimum Gasteiger partial charge on any atom is -0.491 e. The predicted octanol–water partition coefficient (Wildman–Crippen LogP) is 3.28. The summed E-state index contributed by atoms with van der Waals surface area (Å²) in [5.74, 6) is 0.833. The van der Waals surface area contributed by atoms with Crippen molar-refractivity contribution in [3.8, 4) is 5.75 Å². The average Bonchev–Trinajstić information content (AvgIpc) is 2.45. The standard InChI is InChI=1S/C16H24O3/c1-3-4-5-14(2)15-6-8-16(9-7-15)19-13-12-18-11-10-17/h6-9,17H,2-5,10-13H2,1H3. The Hall–Kier alpha value is -1.32. The number of aliphatic hydroxyl groups is 1. The van der Waals surface area contributed by atoms with Crippen LogP contribution in [0.5, 0.6) is 5.75 Å². The fourth-order valence-electron chi connectivity index (χ4n) is 1.71. The van der Waals surface area contributed by atoms with E-state index in [1.54, 1.807) is 0 Å². The Kier molecular flexibility index (Phi) is 7.94. The highest BCUT2D eigenvalue weighted by Gasteiger charge is 2.00. The number of aliphatic hydroxyl groups excluding tert-OH is 1. The number of hydrogen-bond acceptors (Lipinski definition) is 3. The van der Waals surface area contributed by atoms with Crippen LogP contribution in [0.4, 0.5) is 0 Å². The Morgan fingerprint density at radius 3 is 2.53 bits per heavy atom. The van der Waals surface area contributed by atoms with Gasteiger partial charge in [0, 0.05) is 0 Å². The SMILES string of the molecule is C=C(CCCC)c1ccc(OCCOCCO)cc1. The first-order valence-electron chi connectivity index (χ1n) is 6.87. The molecular formula is C16H24O3. The Morgan fingerprint density at radius 1 is 1.16 bits per heavy atom. The van der Waals surface area contributed by atoms with Gasteiger partial charge >= 0.3 is 0 Å². The summed E-state index contributed by atoms with van der Waals surface area (Å²) in [6.45, 7) is 7.69. The topological polar surface area (TPSA) is 38.7 Å². The number of benzene rings is 1. The van der Waals surface area contributed by atoms with Crippen LogP contribution in [0.2, 0.25) is 0 Å². The van der Waals surface area contributed by atoms with Crippen molar-refractivity contribution in [3.05, 3.63) is 36.4 Å². The van der Waals surface area contributed by atoms with Crippen LogP contribution >= 0.6 is 0 Å². The number of ether oxygens (including phenoxy) is 2. The Morgan fingerprint density at radius 2 is 1.89 bits per heavy atom. The normalized spacial score (nSPS) is 10.4. The monoisotopic (exact) mass is 264 g/mol. The first-order chi connectivity index (χ1) is 9.27. The van der Waals surface area contributed by atoms with Crippen molar-refractivity contribution in [3.63, 3.8) is 0 Å². The molecule has 0 aliphatic heterocycles. The van der Waals surface area contributed by atoms with Gasteiger partial charge in [0.05, 0.1) is 19.8 Å². The molecule has 0 bridgehead atoms. The van der Waals surface area contributed by atoms with E-state index in [0.29, 0.717) is 19.8 Å². The molecular weight excluding hydrogens is 240 g/mol. The maximum atomic E-state index is 8.55. The zero-order valence-electron chi connectivity index (χ0n) is 11.7. The molecule has 1 aromatic rings. The number of unbranched alkanes of at least 4 members (excludes halogenated alkanes) is 1. The van der Waals surface area contributed by atoms with E-state index in [1.807, 2.05) is 24.3 Å². The van der Waals surface area contributed by atoms with Crippen LogP contribution in [-0.2, 0) is 4.74 Å². The van der Waals surface area contributed by atoms with Gasteiger partial charge < -0.3 is 14.6 Å². The zero-order chi connectivity index (χ0) is 13.9. The second kappa shape index (κ2) is 9.59. The van der Waals surface area contributed by atoms with Crippen molar-refractivity contribution in [2.24, 2.45) is 0 Å². The highest BCUT2D eigenvalue weighted by molar-refractivity contribution is 5.63. The third-order valence-corrected chi connectivity index (χ3v) is 2.83. The lowest BCUT2D eigenvalue weighted by Gasteiger charge is -2.09.